The van der Waals surface area contributed by atoms with E-state index < -0.39 is 0 Å². The molecule has 0 atom stereocenters. The van der Waals surface area contributed by atoms with Crippen LogP contribution in [0.25, 0.3) is 11.0 Å². The molecule has 0 saturated carbocycles. The lowest BCUT2D eigenvalue weighted by atomic mass is 10.2. The lowest BCUT2D eigenvalue weighted by molar-refractivity contribution is 0.640. The zero-order valence-electron chi connectivity index (χ0n) is 13.2. The molecule has 4 rings (SSSR count). The monoisotopic (exact) mass is 305 g/mol. The molecule has 5 heteroatoms. The molecule has 1 fully saturated rings. The van der Waals surface area contributed by atoms with Crippen LogP contribution in [0, 0.1) is 6.92 Å². The third kappa shape index (κ3) is 2.70. The van der Waals surface area contributed by atoms with Crippen molar-refractivity contribution in [3.63, 3.8) is 0 Å². The number of hydrogen-bond donors (Lipinski definition) is 0. The van der Waals surface area contributed by atoms with Crippen LogP contribution in [0.3, 0.4) is 0 Å². The van der Waals surface area contributed by atoms with Gasteiger partial charge in [-0.05, 0) is 31.2 Å². The molecule has 0 bridgehead atoms. The molecule has 1 aromatic carbocycles. The quantitative estimate of drug-likeness (QED) is 0.728. The van der Waals surface area contributed by atoms with Crippen molar-refractivity contribution in [2.24, 2.45) is 0 Å². The summed E-state index contributed by atoms with van der Waals surface area (Å²) < 4.78 is 0. The Hall–Kier alpha value is -2.69. The SMILES string of the molecule is Cc1nc2ccccc2nc1N1CCN(c2ccccn2)CC1. The van der Waals surface area contributed by atoms with Gasteiger partial charge in [-0.25, -0.2) is 15.0 Å². The second kappa shape index (κ2) is 5.83. The average molecular weight is 305 g/mol. The Morgan fingerprint density at radius 1 is 0.783 bits per heavy atom. The molecular formula is C18H19N5. The summed E-state index contributed by atoms with van der Waals surface area (Å²) in [6.07, 6.45) is 1.85. The molecule has 0 spiro atoms. The van der Waals surface area contributed by atoms with E-state index in [-0.39, 0.29) is 0 Å². The standard InChI is InChI=1S/C18H19N5/c1-14-18(21-16-7-3-2-6-15(16)20-14)23-12-10-22(11-13-23)17-8-4-5-9-19-17/h2-9H,10-13H2,1H3. The number of rotatable bonds is 2. The Labute approximate surface area is 135 Å². The summed E-state index contributed by atoms with van der Waals surface area (Å²) in [4.78, 5) is 18.6. The van der Waals surface area contributed by atoms with Crippen molar-refractivity contribution in [1.29, 1.82) is 0 Å². The number of anilines is 2. The molecule has 2 aromatic heterocycles. The van der Waals surface area contributed by atoms with Gasteiger partial charge in [0.15, 0.2) is 5.82 Å². The molecule has 1 aliphatic heterocycles. The Morgan fingerprint density at radius 3 is 2.13 bits per heavy atom. The molecule has 1 aliphatic rings. The largest absolute Gasteiger partial charge is 0.353 e. The first-order valence-electron chi connectivity index (χ1n) is 7.95. The fraction of sp³-hybridized carbons (Fsp3) is 0.278. The normalized spacial score (nSPS) is 15.2. The molecule has 116 valence electrons. The predicted molar refractivity (Wildman–Crippen MR) is 92.9 cm³/mol. The molecule has 0 N–H and O–H groups in total. The molecule has 5 nitrogen and oxygen atoms in total. The molecule has 3 aromatic rings. The summed E-state index contributed by atoms with van der Waals surface area (Å²) in [6, 6.07) is 14.1. The summed E-state index contributed by atoms with van der Waals surface area (Å²) in [5.74, 6) is 2.05. The minimum Gasteiger partial charge on any atom is -0.353 e. The summed E-state index contributed by atoms with van der Waals surface area (Å²) in [6.45, 7) is 5.81. The van der Waals surface area contributed by atoms with Crippen LogP contribution in [0.15, 0.2) is 48.7 Å². The van der Waals surface area contributed by atoms with Crippen LogP contribution >= 0.6 is 0 Å². The summed E-state index contributed by atoms with van der Waals surface area (Å²) in [7, 11) is 0. The number of para-hydroxylation sites is 2. The van der Waals surface area contributed by atoms with Crippen LogP contribution in [0.4, 0.5) is 11.6 Å². The molecule has 1 saturated heterocycles. The van der Waals surface area contributed by atoms with Crippen LogP contribution in [0.1, 0.15) is 5.69 Å². The van der Waals surface area contributed by atoms with Crippen molar-refractivity contribution in [2.45, 2.75) is 6.92 Å². The minimum atomic E-state index is 0.935. The lowest BCUT2D eigenvalue weighted by Crippen LogP contribution is -2.47. The van der Waals surface area contributed by atoms with Gasteiger partial charge in [-0.3, -0.25) is 0 Å². The van der Waals surface area contributed by atoms with E-state index in [0.717, 1.165) is 54.5 Å². The topological polar surface area (TPSA) is 45.2 Å². The Balaban J connectivity index is 1.55. The van der Waals surface area contributed by atoms with Gasteiger partial charge in [-0.1, -0.05) is 18.2 Å². The van der Waals surface area contributed by atoms with Crippen LogP contribution in [-0.4, -0.2) is 41.1 Å². The maximum Gasteiger partial charge on any atom is 0.150 e. The van der Waals surface area contributed by atoms with Crippen molar-refractivity contribution >= 4 is 22.7 Å². The highest BCUT2D eigenvalue weighted by Crippen LogP contribution is 2.22. The average Bonchev–Trinajstić information content (AvgIpc) is 2.62. The maximum atomic E-state index is 4.83. The number of nitrogens with zero attached hydrogens (tertiary/aromatic N) is 5. The van der Waals surface area contributed by atoms with Crippen molar-refractivity contribution in [2.75, 3.05) is 36.0 Å². The second-order valence-corrected chi connectivity index (χ2v) is 5.78. The van der Waals surface area contributed by atoms with Crippen molar-refractivity contribution < 1.29 is 0 Å². The van der Waals surface area contributed by atoms with E-state index in [1.54, 1.807) is 0 Å². The number of hydrogen-bond acceptors (Lipinski definition) is 5. The van der Waals surface area contributed by atoms with E-state index in [9.17, 15) is 0 Å². The highest BCUT2D eigenvalue weighted by molar-refractivity contribution is 5.76. The van der Waals surface area contributed by atoms with Crippen molar-refractivity contribution in [3.8, 4) is 0 Å². The van der Waals surface area contributed by atoms with Crippen LogP contribution in [-0.2, 0) is 0 Å². The van der Waals surface area contributed by atoms with Crippen LogP contribution < -0.4 is 9.80 Å². The van der Waals surface area contributed by atoms with E-state index in [2.05, 4.69) is 20.9 Å². The first-order chi connectivity index (χ1) is 11.3. The molecule has 23 heavy (non-hydrogen) atoms. The Bertz CT molecular complexity index is 810. The van der Waals surface area contributed by atoms with Gasteiger partial charge in [0.05, 0.1) is 16.7 Å². The summed E-state index contributed by atoms with van der Waals surface area (Å²) in [5, 5.41) is 0. The van der Waals surface area contributed by atoms with E-state index in [1.165, 1.54) is 0 Å². The fourth-order valence-corrected chi connectivity index (χ4v) is 3.07. The van der Waals surface area contributed by atoms with Gasteiger partial charge in [0.2, 0.25) is 0 Å². The number of aromatic nitrogens is 3. The van der Waals surface area contributed by atoms with Crippen LogP contribution in [0.2, 0.25) is 0 Å². The van der Waals surface area contributed by atoms with Gasteiger partial charge in [-0.2, -0.15) is 0 Å². The van der Waals surface area contributed by atoms with Gasteiger partial charge >= 0.3 is 0 Å². The highest BCUT2D eigenvalue weighted by Gasteiger charge is 2.21. The summed E-state index contributed by atoms with van der Waals surface area (Å²) in [5.41, 5.74) is 2.91. The summed E-state index contributed by atoms with van der Waals surface area (Å²) >= 11 is 0. The maximum absolute atomic E-state index is 4.83. The lowest BCUT2D eigenvalue weighted by Gasteiger charge is -2.36. The van der Waals surface area contributed by atoms with Gasteiger partial charge < -0.3 is 9.80 Å². The molecule has 0 amide bonds. The van der Waals surface area contributed by atoms with Gasteiger partial charge in [0.25, 0.3) is 0 Å². The first kappa shape index (κ1) is 13.9. The van der Waals surface area contributed by atoms with Crippen LogP contribution in [0.5, 0.6) is 0 Å². The first-order valence-corrected chi connectivity index (χ1v) is 7.95. The number of pyridine rings is 1. The third-order valence-electron chi connectivity index (χ3n) is 4.27. The minimum absolute atomic E-state index is 0.935. The van der Waals surface area contributed by atoms with E-state index in [4.69, 9.17) is 9.97 Å². The van der Waals surface area contributed by atoms with Gasteiger partial charge in [0.1, 0.15) is 5.82 Å². The van der Waals surface area contributed by atoms with E-state index >= 15 is 0 Å². The Morgan fingerprint density at radius 2 is 1.43 bits per heavy atom. The second-order valence-electron chi connectivity index (χ2n) is 5.78. The number of benzene rings is 1. The zero-order valence-corrected chi connectivity index (χ0v) is 13.2. The van der Waals surface area contributed by atoms with Gasteiger partial charge in [-0.15, -0.1) is 0 Å². The highest BCUT2D eigenvalue weighted by atomic mass is 15.3. The van der Waals surface area contributed by atoms with E-state index in [0.29, 0.717) is 0 Å². The number of fused-ring (bicyclic) bond motifs is 1. The Kier molecular flexibility index (Phi) is 3.54. The van der Waals surface area contributed by atoms with E-state index in [1.807, 2.05) is 49.5 Å². The molecule has 3 heterocycles. The fourth-order valence-electron chi connectivity index (χ4n) is 3.07. The smallest absolute Gasteiger partial charge is 0.150 e. The molecular weight excluding hydrogens is 286 g/mol. The molecule has 0 aliphatic carbocycles. The zero-order chi connectivity index (χ0) is 15.6. The predicted octanol–water partition coefficient (Wildman–Crippen LogP) is 2.66. The van der Waals surface area contributed by atoms with Crippen molar-refractivity contribution in [3.05, 3.63) is 54.4 Å². The number of piperazine rings is 1. The number of aryl methyl sites for hydroxylation is 1. The third-order valence-corrected chi connectivity index (χ3v) is 4.27. The molecule has 0 unspecified atom stereocenters. The van der Waals surface area contributed by atoms with Crippen molar-refractivity contribution in [1.82, 2.24) is 15.0 Å². The van der Waals surface area contributed by atoms with Gasteiger partial charge in [0, 0.05) is 32.4 Å². The molecule has 0 radical (unpaired) electrons.